The van der Waals surface area contributed by atoms with Gasteiger partial charge in [0.15, 0.2) is 0 Å². The summed E-state index contributed by atoms with van der Waals surface area (Å²) in [5.41, 5.74) is 1.91. The van der Waals surface area contributed by atoms with E-state index in [9.17, 15) is 0 Å². The fraction of sp³-hybridized carbons (Fsp3) is 0.533. The van der Waals surface area contributed by atoms with Crippen LogP contribution in [0.25, 0.3) is 0 Å². The predicted molar refractivity (Wildman–Crippen MR) is 92.1 cm³/mol. The zero-order valence-electron chi connectivity index (χ0n) is 13.3. The number of anilines is 1. The summed E-state index contributed by atoms with van der Waals surface area (Å²) in [6.07, 6.45) is 0. The van der Waals surface area contributed by atoms with Crippen LogP contribution in [0.3, 0.4) is 0 Å². The Labute approximate surface area is 145 Å². The number of hydrogen-bond acceptors (Lipinski definition) is 7. The van der Waals surface area contributed by atoms with E-state index >= 15 is 0 Å². The lowest BCUT2D eigenvalue weighted by Gasteiger charge is -2.25. The summed E-state index contributed by atoms with van der Waals surface area (Å²) in [4.78, 5) is 17.5. The van der Waals surface area contributed by atoms with Crippen molar-refractivity contribution in [3.05, 3.63) is 33.1 Å². The van der Waals surface area contributed by atoms with Crippen molar-refractivity contribution in [2.75, 3.05) is 38.3 Å². The second kappa shape index (κ2) is 7.53. The topological polar surface area (TPSA) is 54.4 Å². The van der Waals surface area contributed by atoms with Crippen LogP contribution in [0.15, 0.2) is 11.4 Å². The molecule has 124 valence electrons. The van der Waals surface area contributed by atoms with Gasteiger partial charge in [0.05, 0.1) is 32.0 Å². The molecule has 0 bridgehead atoms. The summed E-state index contributed by atoms with van der Waals surface area (Å²) in [5, 5.41) is 3.53. The molecule has 0 saturated carbocycles. The third-order valence-electron chi connectivity index (χ3n) is 3.67. The van der Waals surface area contributed by atoms with E-state index in [4.69, 9.17) is 21.3 Å². The minimum atomic E-state index is 0.276. The summed E-state index contributed by atoms with van der Waals surface area (Å²) < 4.78 is 5.38. The molecule has 6 nitrogen and oxygen atoms in total. The van der Waals surface area contributed by atoms with Gasteiger partial charge >= 0.3 is 0 Å². The maximum atomic E-state index is 5.93. The zero-order chi connectivity index (χ0) is 16.2. The van der Waals surface area contributed by atoms with Gasteiger partial charge in [0.1, 0.15) is 10.8 Å². The van der Waals surface area contributed by atoms with Gasteiger partial charge in [-0.15, -0.1) is 11.3 Å². The van der Waals surface area contributed by atoms with Crippen LogP contribution in [-0.2, 0) is 17.8 Å². The van der Waals surface area contributed by atoms with Crippen LogP contribution in [0.4, 0.5) is 5.82 Å². The van der Waals surface area contributed by atoms with Crippen LogP contribution in [0.5, 0.6) is 0 Å². The molecule has 1 fully saturated rings. The van der Waals surface area contributed by atoms with Crippen molar-refractivity contribution in [3.8, 4) is 0 Å². The number of thiazole rings is 1. The summed E-state index contributed by atoms with van der Waals surface area (Å²) >= 11 is 7.64. The number of halogens is 1. The SMILES string of the molecule is Cc1cc(N(C)Cc2csc(CN3CCOCC3)n2)nc(Cl)n1. The fourth-order valence-electron chi connectivity index (χ4n) is 2.48. The first-order valence-electron chi connectivity index (χ1n) is 7.56. The number of rotatable bonds is 5. The molecule has 0 aliphatic carbocycles. The minimum absolute atomic E-state index is 0.276. The van der Waals surface area contributed by atoms with Crippen molar-refractivity contribution in [3.63, 3.8) is 0 Å². The highest BCUT2D eigenvalue weighted by Gasteiger charge is 2.14. The molecule has 0 aromatic carbocycles. The molecule has 8 heteroatoms. The Morgan fingerprint density at radius 3 is 2.83 bits per heavy atom. The number of ether oxygens (including phenoxy) is 1. The molecule has 1 aliphatic rings. The third-order valence-corrected chi connectivity index (χ3v) is 4.72. The van der Waals surface area contributed by atoms with E-state index in [0.29, 0.717) is 6.54 Å². The molecule has 0 amide bonds. The third kappa shape index (κ3) is 4.60. The van der Waals surface area contributed by atoms with Crippen LogP contribution in [0.1, 0.15) is 16.4 Å². The van der Waals surface area contributed by atoms with Gasteiger partial charge in [-0.3, -0.25) is 4.90 Å². The van der Waals surface area contributed by atoms with Crippen LogP contribution in [0.2, 0.25) is 5.28 Å². The first-order valence-corrected chi connectivity index (χ1v) is 8.81. The van der Waals surface area contributed by atoms with E-state index in [2.05, 4.69) is 20.2 Å². The molecule has 3 rings (SSSR count). The molecule has 0 atom stereocenters. The molecule has 23 heavy (non-hydrogen) atoms. The van der Waals surface area contributed by atoms with Gasteiger partial charge in [0.25, 0.3) is 0 Å². The second-order valence-electron chi connectivity index (χ2n) is 5.61. The lowest BCUT2D eigenvalue weighted by Crippen LogP contribution is -2.35. The van der Waals surface area contributed by atoms with Gasteiger partial charge in [0.2, 0.25) is 5.28 Å². The quantitative estimate of drug-likeness (QED) is 0.769. The average Bonchev–Trinajstić information content (AvgIpc) is 2.94. The monoisotopic (exact) mass is 353 g/mol. The maximum Gasteiger partial charge on any atom is 0.224 e. The molecular formula is C15H20ClN5OS. The number of aromatic nitrogens is 3. The molecule has 0 unspecified atom stereocenters. The number of nitrogens with zero attached hydrogens (tertiary/aromatic N) is 5. The van der Waals surface area contributed by atoms with Gasteiger partial charge in [-0.25, -0.2) is 15.0 Å². The fourth-order valence-corrected chi connectivity index (χ4v) is 3.53. The highest BCUT2D eigenvalue weighted by atomic mass is 35.5. The molecule has 3 heterocycles. The summed E-state index contributed by atoms with van der Waals surface area (Å²) in [7, 11) is 1.99. The Hall–Kier alpha value is -1.28. The standard InChI is InChI=1S/C15H20ClN5OS/c1-11-7-13(19-15(16)17-11)20(2)8-12-10-23-14(18-12)9-21-3-5-22-6-4-21/h7,10H,3-6,8-9H2,1-2H3. The first-order chi connectivity index (χ1) is 11.1. The van der Waals surface area contributed by atoms with Crippen LogP contribution < -0.4 is 4.90 Å². The normalized spacial score (nSPS) is 15.8. The first kappa shape index (κ1) is 16.6. The largest absolute Gasteiger partial charge is 0.379 e. The molecule has 0 radical (unpaired) electrons. The molecule has 1 saturated heterocycles. The molecule has 0 spiro atoms. The molecule has 2 aromatic rings. The smallest absolute Gasteiger partial charge is 0.224 e. The van der Waals surface area contributed by atoms with Crippen molar-refractivity contribution in [1.29, 1.82) is 0 Å². The minimum Gasteiger partial charge on any atom is -0.379 e. The van der Waals surface area contributed by atoms with Gasteiger partial charge < -0.3 is 9.64 Å². The summed E-state index contributed by atoms with van der Waals surface area (Å²) in [6.45, 7) is 7.10. The summed E-state index contributed by atoms with van der Waals surface area (Å²) in [6, 6.07) is 1.92. The number of aryl methyl sites for hydroxylation is 1. The lowest BCUT2D eigenvalue weighted by atomic mass is 10.4. The molecular weight excluding hydrogens is 334 g/mol. The van der Waals surface area contributed by atoms with Crippen LogP contribution >= 0.6 is 22.9 Å². The predicted octanol–water partition coefficient (Wildman–Crippen LogP) is 2.36. The Morgan fingerprint density at radius 2 is 2.09 bits per heavy atom. The van der Waals surface area contributed by atoms with Gasteiger partial charge in [-0.2, -0.15) is 0 Å². The van der Waals surface area contributed by atoms with E-state index in [1.165, 1.54) is 0 Å². The highest BCUT2D eigenvalue weighted by Crippen LogP contribution is 2.18. The Bertz CT molecular complexity index is 639. The lowest BCUT2D eigenvalue weighted by molar-refractivity contribution is 0.0341. The second-order valence-corrected chi connectivity index (χ2v) is 6.89. The van der Waals surface area contributed by atoms with E-state index in [-0.39, 0.29) is 5.28 Å². The van der Waals surface area contributed by atoms with Gasteiger partial charge in [0, 0.05) is 37.3 Å². The average molecular weight is 354 g/mol. The number of hydrogen-bond donors (Lipinski definition) is 0. The van der Waals surface area contributed by atoms with E-state index in [1.54, 1.807) is 11.3 Å². The van der Waals surface area contributed by atoms with E-state index in [1.807, 2.05) is 24.9 Å². The van der Waals surface area contributed by atoms with Crippen molar-refractivity contribution in [2.24, 2.45) is 0 Å². The van der Waals surface area contributed by atoms with E-state index < -0.39 is 0 Å². The molecule has 2 aromatic heterocycles. The Morgan fingerprint density at radius 1 is 1.30 bits per heavy atom. The highest BCUT2D eigenvalue weighted by molar-refractivity contribution is 7.09. The Balaban J connectivity index is 1.61. The van der Waals surface area contributed by atoms with Crippen molar-refractivity contribution in [1.82, 2.24) is 19.9 Å². The van der Waals surface area contributed by atoms with Crippen LogP contribution in [0, 0.1) is 6.92 Å². The van der Waals surface area contributed by atoms with Crippen molar-refractivity contribution < 1.29 is 4.74 Å². The van der Waals surface area contributed by atoms with Gasteiger partial charge in [-0.05, 0) is 18.5 Å². The molecule has 1 aliphatic heterocycles. The van der Waals surface area contributed by atoms with Gasteiger partial charge in [-0.1, -0.05) is 0 Å². The Kier molecular flexibility index (Phi) is 5.42. The molecule has 0 N–H and O–H groups in total. The van der Waals surface area contributed by atoms with Crippen molar-refractivity contribution in [2.45, 2.75) is 20.0 Å². The number of morpholine rings is 1. The van der Waals surface area contributed by atoms with Crippen LogP contribution in [-0.4, -0.2) is 53.2 Å². The summed E-state index contributed by atoms with van der Waals surface area (Å²) in [5.74, 6) is 0.810. The van der Waals surface area contributed by atoms with E-state index in [0.717, 1.165) is 55.1 Å². The zero-order valence-corrected chi connectivity index (χ0v) is 14.9. The van der Waals surface area contributed by atoms with Crippen molar-refractivity contribution >= 4 is 28.8 Å². The maximum absolute atomic E-state index is 5.93.